The van der Waals surface area contributed by atoms with E-state index in [2.05, 4.69) is 10.1 Å². The van der Waals surface area contributed by atoms with Crippen molar-refractivity contribution in [2.45, 2.75) is 51.0 Å². The number of esters is 1. The minimum atomic E-state index is -0.0916. The third-order valence-electron chi connectivity index (χ3n) is 3.48. The second-order valence-corrected chi connectivity index (χ2v) is 4.41. The molecule has 3 heteroatoms. The van der Waals surface area contributed by atoms with Crippen LogP contribution in [0.3, 0.4) is 0 Å². The second-order valence-electron chi connectivity index (χ2n) is 4.41. The van der Waals surface area contributed by atoms with E-state index in [1.165, 1.54) is 39.2 Å². The van der Waals surface area contributed by atoms with Gasteiger partial charge in [0.15, 0.2) is 0 Å². The standard InChI is InChI=1S/C12H23NO2/c1-13-11(8-9-12(14)15-2)10-6-4-3-5-7-10/h10-11,13H,3-9H2,1-2H3. The van der Waals surface area contributed by atoms with Gasteiger partial charge in [0, 0.05) is 12.5 Å². The van der Waals surface area contributed by atoms with Crippen molar-refractivity contribution in [2.75, 3.05) is 14.2 Å². The zero-order valence-corrected chi connectivity index (χ0v) is 9.92. The Morgan fingerprint density at radius 3 is 2.60 bits per heavy atom. The number of rotatable bonds is 5. The summed E-state index contributed by atoms with van der Waals surface area (Å²) in [5, 5.41) is 3.34. The molecule has 0 radical (unpaired) electrons. The van der Waals surface area contributed by atoms with Crippen LogP contribution in [-0.2, 0) is 9.53 Å². The fraction of sp³-hybridized carbons (Fsp3) is 0.917. The Balaban J connectivity index is 2.30. The largest absolute Gasteiger partial charge is 0.469 e. The predicted octanol–water partition coefficient (Wildman–Crippen LogP) is 2.11. The van der Waals surface area contributed by atoms with Crippen LogP contribution < -0.4 is 5.32 Å². The molecule has 1 N–H and O–H groups in total. The first-order valence-electron chi connectivity index (χ1n) is 6.02. The van der Waals surface area contributed by atoms with Gasteiger partial charge in [-0.3, -0.25) is 4.79 Å². The van der Waals surface area contributed by atoms with Crippen LogP contribution in [0.25, 0.3) is 0 Å². The highest BCUT2D eigenvalue weighted by molar-refractivity contribution is 5.69. The van der Waals surface area contributed by atoms with E-state index in [9.17, 15) is 4.79 Å². The molecule has 1 aliphatic rings. The average molecular weight is 213 g/mol. The summed E-state index contributed by atoms with van der Waals surface area (Å²) in [5.74, 6) is 0.666. The van der Waals surface area contributed by atoms with Gasteiger partial charge < -0.3 is 10.1 Å². The van der Waals surface area contributed by atoms with Crippen LogP contribution >= 0.6 is 0 Å². The van der Waals surface area contributed by atoms with Crippen molar-refractivity contribution in [3.8, 4) is 0 Å². The fourth-order valence-corrected chi connectivity index (χ4v) is 2.53. The molecule has 1 atom stereocenters. The topological polar surface area (TPSA) is 38.3 Å². The van der Waals surface area contributed by atoms with Gasteiger partial charge in [-0.1, -0.05) is 19.3 Å². The van der Waals surface area contributed by atoms with E-state index in [0.717, 1.165) is 12.3 Å². The lowest BCUT2D eigenvalue weighted by Crippen LogP contribution is -2.35. The second kappa shape index (κ2) is 6.83. The Bertz CT molecular complexity index is 188. The van der Waals surface area contributed by atoms with Gasteiger partial charge in [0.1, 0.15) is 0 Å². The summed E-state index contributed by atoms with van der Waals surface area (Å²) in [7, 11) is 3.45. The Morgan fingerprint density at radius 2 is 2.07 bits per heavy atom. The third kappa shape index (κ3) is 4.20. The van der Waals surface area contributed by atoms with E-state index in [4.69, 9.17) is 0 Å². The molecule has 3 nitrogen and oxygen atoms in total. The minimum absolute atomic E-state index is 0.0916. The van der Waals surface area contributed by atoms with E-state index in [1.807, 2.05) is 7.05 Å². The fourth-order valence-electron chi connectivity index (χ4n) is 2.53. The van der Waals surface area contributed by atoms with Gasteiger partial charge in [0.2, 0.25) is 0 Å². The Kier molecular flexibility index (Phi) is 5.69. The Morgan fingerprint density at radius 1 is 1.40 bits per heavy atom. The highest BCUT2D eigenvalue weighted by atomic mass is 16.5. The Hall–Kier alpha value is -0.570. The molecule has 0 heterocycles. The number of ether oxygens (including phenoxy) is 1. The van der Waals surface area contributed by atoms with Crippen LogP contribution in [-0.4, -0.2) is 26.2 Å². The molecular weight excluding hydrogens is 190 g/mol. The summed E-state index contributed by atoms with van der Waals surface area (Å²) in [6.07, 6.45) is 8.15. The van der Waals surface area contributed by atoms with Crippen LogP contribution in [0.5, 0.6) is 0 Å². The summed E-state index contributed by atoms with van der Waals surface area (Å²) in [6.45, 7) is 0. The van der Waals surface area contributed by atoms with E-state index in [1.54, 1.807) is 0 Å². The summed E-state index contributed by atoms with van der Waals surface area (Å²) in [5.41, 5.74) is 0. The van der Waals surface area contributed by atoms with Gasteiger partial charge >= 0.3 is 5.97 Å². The number of methoxy groups -OCH3 is 1. The van der Waals surface area contributed by atoms with Crippen molar-refractivity contribution in [3.63, 3.8) is 0 Å². The van der Waals surface area contributed by atoms with Crippen LogP contribution in [0.1, 0.15) is 44.9 Å². The number of carbonyl (C=O) groups is 1. The van der Waals surface area contributed by atoms with Crippen LogP contribution in [0.15, 0.2) is 0 Å². The third-order valence-corrected chi connectivity index (χ3v) is 3.48. The molecule has 1 saturated carbocycles. The maximum atomic E-state index is 11.1. The normalized spacial score (nSPS) is 19.9. The van der Waals surface area contributed by atoms with Crippen molar-refractivity contribution in [2.24, 2.45) is 5.92 Å². The number of carbonyl (C=O) groups excluding carboxylic acids is 1. The lowest BCUT2D eigenvalue weighted by atomic mass is 9.82. The number of nitrogens with one attached hydrogen (secondary N) is 1. The van der Waals surface area contributed by atoms with Crippen molar-refractivity contribution >= 4 is 5.97 Å². The molecule has 0 bridgehead atoms. The Labute approximate surface area is 92.6 Å². The quantitative estimate of drug-likeness (QED) is 0.711. The molecule has 1 unspecified atom stereocenters. The zero-order chi connectivity index (χ0) is 11.1. The monoisotopic (exact) mass is 213 g/mol. The van der Waals surface area contributed by atoms with E-state index in [-0.39, 0.29) is 5.97 Å². The summed E-state index contributed by atoms with van der Waals surface area (Å²) in [4.78, 5) is 11.1. The SMILES string of the molecule is CNC(CCC(=O)OC)C1CCCCC1. The number of hydrogen-bond acceptors (Lipinski definition) is 3. The molecule has 0 aromatic heterocycles. The summed E-state index contributed by atoms with van der Waals surface area (Å²) in [6, 6.07) is 0.490. The summed E-state index contributed by atoms with van der Waals surface area (Å²) < 4.78 is 4.67. The maximum absolute atomic E-state index is 11.1. The lowest BCUT2D eigenvalue weighted by Gasteiger charge is -2.29. The molecule has 1 fully saturated rings. The van der Waals surface area contributed by atoms with Gasteiger partial charge in [-0.2, -0.15) is 0 Å². The van der Waals surface area contributed by atoms with Crippen molar-refractivity contribution < 1.29 is 9.53 Å². The molecule has 1 rings (SSSR count). The molecule has 0 aromatic rings. The van der Waals surface area contributed by atoms with Gasteiger partial charge in [-0.25, -0.2) is 0 Å². The average Bonchev–Trinajstić information content (AvgIpc) is 2.31. The smallest absolute Gasteiger partial charge is 0.305 e. The highest BCUT2D eigenvalue weighted by Crippen LogP contribution is 2.28. The van der Waals surface area contributed by atoms with E-state index >= 15 is 0 Å². The van der Waals surface area contributed by atoms with Crippen molar-refractivity contribution in [1.82, 2.24) is 5.32 Å². The molecule has 1 aliphatic carbocycles. The highest BCUT2D eigenvalue weighted by Gasteiger charge is 2.22. The molecule has 0 spiro atoms. The van der Waals surface area contributed by atoms with Gasteiger partial charge in [-0.15, -0.1) is 0 Å². The number of hydrogen-bond donors (Lipinski definition) is 1. The first-order valence-corrected chi connectivity index (χ1v) is 6.02. The van der Waals surface area contributed by atoms with Crippen molar-refractivity contribution in [1.29, 1.82) is 0 Å². The molecular formula is C12H23NO2. The van der Waals surface area contributed by atoms with Crippen LogP contribution in [0.4, 0.5) is 0 Å². The van der Waals surface area contributed by atoms with E-state index in [0.29, 0.717) is 12.5 Å². The molecule has 0 saturated heterocycles. The molecule has 0 aromatic carbocycles. The zero-order valence-electron chi connectivity index (χ0n) is 9.92. The van der Waals surface area contributed by atoms with Gasteiger partial charge in [0.25, 0.3) is 0 Å². The molecule has 0 amide bonds. The lowest BCUT2D eigenvalue weighted by molar-refractivity contribution is -0.140. The summed E-state index contributed by atoms with van der Waals surface area (Å²) >= 11 is 0. The van der Waals surface area contributed by atoms with Crippen molar-refractivity contribution in [3.05, 3.63) is 0 Å². The van der Waals surface area contributed by atoms with Crippen LogP contribution in [0.2, 0.25) is 0 Å². The minimum Gasteiger partial charge on any atom is -0.469 e. The maximum Gasteiger partial charge on any atom is 0.305 e. The predicted molar refractivity (Wildman–Crippen MR) is 60.7 cm³/mol. The van der Waals surface area contributed by atoms with Gasteiger partial charge in [0.05, 0.1) is 7.11 Å². The molecule has 88 valence electrons. The first kappa shape index (κ1) is 12.5. The van der Waals surface area contributed by atoms with E-state index < -0.39 is 0 Å². The van der Waals surface area contributed by atoms with Crippen LogP contribution in [0, 0.1) is 5.92 Å². The molecule has 0 aliphatic heterocycles. The van der Waals surface area contributed by atoms with Gasteiger partial charge in [-0.05, 0) is 32.2 Å². The molecule has 15 heavy (non-hydrogen) atoms. The first-order chi connectivity index (χ1) is 7.27.